The van der Waals surface area contributed by atoms with E-state index in [1.807, 2.05) is 12.1 Å². The minimum absolute atomic E-state index is 0.295. The molecule has 0 aliphatic rings. The number of fused-ring (bicyclic) bond motifs is 1. The summed E-state index contributed by atoms with van der Waals surface area (Å²) in [6.07, 6.45) is 1.20. The molecular formula is C22H19N3O3. The van der Waals surface area contributed by atoms with Crippen LogP contribution in [0, 0.1) is 0 Å². The number of nitrogens with two attached hydrogens (primary N) is 1. The van der Waals surface area contributed by atoms with E-state index < -0.39 is 5.97 Å². The molecule has 0 aliphatic carbocycles. The Hall–Kier alpha value is -3.93. The number of carbonyl (C=O) groups excluding carboxylic acids is 2. The van der Waals surface area contributed by atoms with Crippen LogP contribution in [-0.2, 0) is 9.59 Å². The van der Waals surface area contributed by atoms with Crippen LogP contribution in [0.3, 0.4) is 0 Å². The van der Waals surface area contributed by atoms with Crippen LogP contribution >= 0.6 is 0 Å². The molecule has 3 aromatic rings. The molecule has 0 bridgehead atoms. The maximum absolute atomic E-state index is 11.6. The zero-order chi connectivity index (χ0) is 20.3. The summed E-state index contributed by atoms with van der Waals surface area (Å²) < 4.78 is 5.19. The molecule has 6 heteroatoms. The van der Waals surface area contributed by atoms with E-state index in [1.54, 1.807) is 43.3 Å². The van der Waals surface area contributed by atoms with Gasteiger partial charge in [-0.25, -0.2) is 9.78 Å². The number of hydrogen-bond donors (Lipinski definition) is 2. The first-order chi connectivity index (χ1) is 13.4. The highest BCUT2D eigenvalue weighted by atomic mass is 16.5. The molecule has 1 amide bonds. The number of nitrogens with zero attached hydrogens (tertiary/aromatic N) is 1. The molecule has 6 nitrogen and oxygen atoms in total. The van der Waals surface area contributed by atoms with Crippen molar-refractivity contribution in [1.29, 1.82) is 0 Å². The van der Waals surface area contributed by atoms with E-state index in [4.69, 9.17) is 10.5 Å². The second-order valence-corrected chi connectivity index (χ2v) is 6.22. The molecule has 2 aromatic carbocycles. The first-order valence-electron chi connectivity index (χ1n) is 8.49. The maximum atomic E-state index is 11.6. The highest BCUT2D eigenvalue weighted by Gasteiger charge is 2.10. The fraction of sp³-hybridized carbons (Fsp3) is 0.0455. The van der Waals surface area contributed by atoms with Crippen molar-refractivity contribution in [3.8, 4) is 16.9 Å². The standard InChI is InChI=1S/C22H19N3O3/c1-4-20(26)24-16-8-5-15-11-18(21(23)25-19(15)12-16)14-6-9-17(10-7-14)28-22(27)13(2)3/h4-12H,1-2H2,3H3,(H2,23,25)(H,24,26). The van der Waals surface area contributed by atoms with Crippen LogP contribution in [0.2, 0.25) is 0 Å². The highest BCUT2D eigenvalue weighted by molar-refractivity contribution is 6.00. The zero-order valence-electron chi connectivity index (χ0n) is 15.4. The fourth-order valence-corrected chi connectivity index (χ4v) is 2.58. The van der Waals surface area contributed by atoms with E-state index >= 15 is 0 Å². The van der Waals surface area contributed by atoms with Gasteiger partial charge >= 0.3 is 5.97 Å². The molecular weight excluding hydrogens is 354 g/mol. The molecule has 0 saturated carbocycles. The lowest BCUT2D eigenvalue weighted by molar-refractivity contribution is -0.130. The largest absolute Gasteiger partial charge is 0.423 e. The number of hydrogen-bond acceptors (Lipinski definition) is 5. The Morgan fingerprint density at radius 2 is 1.86 bits per heavy atom. The monoisotopic (exact) mass is 373 g/mol. The third kappa shape index (κ3) is 4.07. The van der Waals surface area contributed by atoms with Gasteiger partial charge in [-0.05, 0) is 48.9 Å². The van der Waals surface area contributed by atoms with Crippen molar-refractivity contribution in [2.75, 3.05) is 11.1 Å². The number of amides is 1. The van der Waals surface area contributed by atoms with Gasteiger partial charge in [-0.3, -0.25) is 4.79 Å². The summed E-state index contributed by atoms with van der Waals surface area (Å²) in [4.78, 5) is 27.5. The van der Waals surface area contributed by atoms with Gasteiger partial charge in [0.2, 0.25) is 5.91 Å². The number of nitrogen functional groups attached to an aromatic ring is 1. The molecule has 3 rings (SSSR count). The SMILES string of the molecule is C=CC(=O)Nc1ccc2cc(-c3ccc(OC(=O)C(=C)C)cc3)c(N)nc2c1. The van der Waals surface area contributed by atoms with Gasteiger partial charge in [-0.15, -0.1) is 0 Å². The summed E-state index contributed by atoms with van der Waals surface area (Å²) in [6.45, 7) is 8.58. The summed E-state index contributed by atoms with van der Waals surface area (Å²) in [5, 5.41) is 3.57. The minimum atomic E-state index is -0.473. The average Bonchev–Trinajstić information content (AvgIpc) is 2.68. The van der Waals surface area contributed by atoms with Crippen molar-refractivity contribution < 1.29 is 14.3 Å². The van der Waals surface area contributed by atoms with Gasteiger partial charge in [-0.2, -0.15) is 0 Å². The highest BCUT2D eigenvalue weighted by Crippen LogP contribution is 2.30. The summed E-state index contributed by atoms with van der Waals surface area (Å²) >= 11 is 0. The lowest BCUT2D eigenvalue weighted by Crippen LogP contribution is -2.08. The molecule has 0 saturated heterocycles. The summed E-state index contributed by atoms with van der Waals surface area (Å²) in [7, 11) is 0. The van der Waals surface area contributed by atoms with Crippen LogP contribution in [0.4, 0.5) is 11.5 Å². The summed E-state index contributed by atoms with van der Waals surface area (Å²) in [5.41, 5.74) is 9.34. The Kier molecular flexibility index (Phi) is 5.22. The van der Waals surface area contributed by atoms with Crippen LogP contribution in [0.15, 0.2) is 73.3 Å². The Morgan fingerprint density at radius 3 is 2.50 bits per heavy atom. The van der Waals surface area contributed by atoms with E-state index in [0.717, 1.165) is 16.5 Å². The number of esters is 1. The van der Waals surface area contributed by atoms with Crippen molar-refractivity contribution in [2.24, 2.45) is 0 Å². The predicted molar refractivity (Wildman–Crippen MR) is 111 cm³/mol. The van der Waals surface area contributed by atoms with Gasteiger partial charge in [0.15, 0.2) is 0 Å². The molecule has 0 unspecified atom stereocenters. The van der Waals surface area contributed by atoms with Gasteiger partial charge < -0.3 is 15.8 Å². The van der Waals surface area contributed by atoms with Crippen LogP contribution in [0.25, 0.3) is 22.0 Å². The molecule has 0 fully saturated rings. The maximum Gasteiger partial charge on any atom is 0.338 e. The number of anilines is 2. The number of benzene rings is 2. The second-order valence-electron chi connectivity index (χ2n) is 6.22. The molecule has 0 aliphatic heterocycles. The quantitative estimate of drug-likeness (QED) is 0.399. The fourth-order valence-electron chi connectivity index (χ4n) is 2.58. The number of pyridine rings is 1. The second kappa shape index (κ2) is 7.75. The van der Waals surface area contributed by atoms with E-state index in [-0.39, 0.29) is 5.91 Å². The third-order valence-corrected chi connectivity index (χ3v) is 4.02. The van der Waals surface area contributed by atoms with E-state index in [1.165, 1.54) is 6.08 Å². The van der Waals surface area contributed by atoms with Gasteiger partial charge in [0.05, 0.1) is 5.52 Å². The normalized spacial score (nSPS) is 10.3. The minimum Gasteiger partial charge on any atom is -0.423 e. The lowest BCUT2D eigenvalue weighted by atomic mass is 10.0. The summed E-state index contributed by atoms with van der Waals surface area (Å²) in [5.74, 6) is 0.00779. The number of carbonyl (C=O) groups is 2. The molecule has 140 valence electrons. The van der Waals surface area contributed by atoms with Gasteiger partial charge in [-0.1, -0.05) is 31.4 Å². The van der Waals surface area contributed by atoms with Gasteiger partial charge in [0, 0.05) is 22.2 Å². The Bertz CT molecular complexity index is 1100. The van der Waals surface area contributed by atoms with Crippen LogP contribution in [-0.4, -0.2) is 16.9 Å². The molecule has 28 heavy (non-hydrogen) atoms. The molecule has 0 radical (unpaired) electrons. The molecule has 3 N–H and O–H groups in total. The lowest BCUT2D eigenvalue weighted by Gasteiger charge is -2.10. The Labute approximate surface area is 162 Å². The predicted octanol–water partition coefficient (Wildman–Crippen LogP) is 4.09. The molecule has 0 atom stereocenters. The number of rotatable bonds is 5. The summed E-state index contributed by atoms with van der Waals surface area (Å²) in [6, 6.07) is 14.3. The molecule has 1 aromatic heterocycles. The number of ether oxygens (including phenoxy) is 1. The third-order valence-electron chi connectivity index (χ3n) is 4.02. The van der Waals surface area contributed by atoms with Crippen molar-refractivity contribution in [3.63, 3.8) is 0 Å². The average molecular weight is 373 g/mol. The number of nitrogens with one attached hydrogen (secondary N) is 1. The van der Waals surface area contributed by atoms with Crippen molar-refractivity contribution >= 4 is 34.3 Å². The van der Waals surface area contributed by atoms with Crippen LogP contribution < -0.4 is 15.8 Å². The van der Waals surface area contributed by atoms with E-state index in [0.29, 0.717) is 28.3 Å². The van der Waals surface area contributed by atoms with Crippen molar-refractivity contribution in [2.45, 2.75) is 6.92 Å². The Balaban J connectivity index is 1.90. The van der Waals surface area contributed by atoms with E-state index in [2.05, 4.69) is 23.5 Å². The van der Waals surface area contributed by atoms with Crippen molar-refractivity contribution in [3.05, 3.63) is 73.3 Å². The van der Waals surface area contributed by atoms with Crippen molar-refractivity contribution in [1.82, 2.24) is 4.98 Å². The van der Waals surface area contributed by atoms with E-state index in [9.17, 15) is 9.59 Å². The topological polar surface area (TPSA) is 94.3 Å². The van der Waals surface area contributed by atoms with Gasteiger partial charge in [0.25, 0.3) is 0 Å². The zero-order valence-corrected chi connectivity index (χ0v) is 15.4. The number of aromatic nitrogens is 1. The molecule has 1 heterocycles. The van der Waals surface area contributed by atoms with Crippen LogP contribution in [0.5, 0.6) is 5.75 Å². The van der Waals surface area contributed by atoms with Gasteiger partial charge in [0.1, 0.15) is 11.6 Å². The first-order valence-corrected chi connectivity index (χ1v) is 8.49. The Morgan fingerprint density at radius 1 is 1.14 bits per heavy atom. The first kappa shape index (κ1) is 18.8. The van der Waals surface area contributed by atoms with Crippen LogP contribution in [0.1, 0.15) is 6.92 Å². The molecule has 0 spiro atoms. The smallest absolute Gasteiger partial charge is 0.338 e.